The maximum atomic E-state index is 13.0. The summed E-state index contributed by atoms with van der Waals surface area (Å²) < 4.78 is 13.0. The average molecular weight is 173 g/mol. The molecule has 70 valence electrons. The van der Waals surface area contributed by atoms with Crippen LogP contribution in [0.4, 0.5) is 4.48 Å². The predicted molar refractivity (Wildman–Crippen MR) is 47.1 cm³/mol. The fourth-order valence-corrected chi connectivity index (χ4v) is 1.21. The van der Waals surface area contributed by atoms with E-state index in [-0.39, 0.29) is 11.6 Å². The van der Waals surface area contributed by atoms with Crippen molar-refractivity contribution in [3.8, 4) is 0 Å². The molecule has 0 radical (unpaired) electrons. The molecular formula is C8H16FN3. The molecule has 0 aromatic rings. The smallest absolute Gasteiger partial charge is 0.149 e. The SMILES string of the molecule is CN1N=CN(F)C1CC(C)(C)C. The molecule has 0 aliphatic carbocycles. The lowest BCUT2D eigenvalue weighted by Crippen LogP contribution is -2.36. The van der Waals surface area contributed by atoms with Gasteiger partial charge in [0.25, 0.3) is 0 Å². The summed E-state index contributed by atoms with van der Waals surface area (Å²) in [7, 11) is 1.78. The van der Waals surface area contributed by atoms with Crippen molar-refractivity contribution >= 4 is 6.34 Å². The van der Waals surface area contributed by atoms with Crippen LogP contribution < -0.4 is 0 Å². The van der Waals surface area contributed by atoms with Crippen LogP contribution in [0.15, 0.2) is 5.10 Å². The third kappa shape index (κ3) is 2.09. The van der Waals surface area contributed by atoms with E-state index in [0.717, 1.165) is 6.42 Å². The molecular weight excluding hydrogens is 157 g/mol. The third-order valence-electron chi connectivity index (χ3n) is 1.86. The van der Waals surface area contributed by atoms with Crippen LogP contribution in [0.5, 0.6) is 0 Å². The first kappa shape index (κ1) is 9.29. The minimum absolute atomic E-state index is 0.122. The molecule has 0 bridgehead atoms. The normalized spacial score (nSPS) is 23.9. The Balaban J connectivity index is 2.53. The molecule has 0 aromatic carbocycles. The van der Waals surface area contributed by atoms with Crippen molar-refractivity contribution in [2.24, 2.45) is 10.5 Å². The molecule has 1 aliphatic rings. The van der Waals surface area contributed by atoms with Crippen LogP contribution in [0, 0.1) is 5.41 Å². The van der Waals surface area contributed by atoms with Crippen molar-refractivity contribution in [2.75, 3.05) is 7.05 Å². The molecule has 0 fully saturated rings. The lowest BCUT2D eigenvalue weighted by Gasteiger charge is -2.28. The standard InChI is InChI=1S/C8H16FN3/c1-8(2,3)5-7-11(4)10-6-12(7)9/h6-7H,5H2,1-4H3. The van der Waals surface area contributed by atoms with Crippen LogP contribution in [0.3, 0.4) is 0 Å². The van der Waals surface area contributed by atoms with Crippen LogP contribution in [-0.4, -0.2) is 29.7 Å². The summed E-state index contributed by atoms with van der Waals surface area (Å²) in [6.07, 6.45) is 1.75. The molecule has 0 saturated carbocycles. The largest absolute Gasteiger partial charge is 0.273 e. The quantitative estimate of drug-likeness (QED) is 0.563. The van der Waals surface area contributed by atoms with Gasteiger partial charge in [-0.05, 0) is 11.8 Å². The Morgan fingerprint density at radius 3 is 2.42 bits per heavy atom. The molecule has 3 nitrogen and oxygen atoms in total. The predicted octanol–water partition coefficient (Wildman–Crippen LogP) is 1.82. The zero-order valence-corrected chi connectivity index (χ0v) is 8.08. The number of halogens is 1. The number of hydrogen-bond acceptors (Lipinski definition) is 3. The second kappa shape index (κ2) is 2.92. The summed E-state index contributed by atoms with van der Waals surface area (Å²) in [5.41, 5.74) is 0.122. The van der Waals surface area contributed by atoms with Crippen LogP contribution in [-0.2, 0) is 0 Å². The van der Waals surface area contributed by atoms with Gasteiger partial charge in [-0.3, -0.25) is 5.01 Å². The van der Waals surface area contributed by atoms with Gasteiger partial charge < -0.3 is 0 Å². The summed E-state index contributed by atoms with van der Waals surface area (Å²) in [6, 6.07) is 0. The fraction of sp³-hybridized carbons (Fsp3) is 0.875. The van der Waals surface area contributed by atoms with Gasteiger partial charge in [0.15, 0.2) is 0 Å². The van der Waals surface area contributed by atoms with Gasteiger partial charge in [0.2, 0.25) is 0 Å². The van der Waals surface area contributed by atoms with E-state index < -0.39 is 0 Å². The Morgan fingerprint density at radius 1 is 1.50 bits per heavy atom. The van der Waals surface area contributed by atoms with Gasteiger partial charge in [0, 0.05) is 7.05 Å². The molecule has 1 rings (SSSR count). The van der Waals surface area contributed by atoms with E-state index in [4.69, 9.17) is 0 Å². The Morgan fingerprint density at radius 2 is 2.08 bits per heavy atom. The molecule has 1 unspecified atom stereocenters. The molecule has 0 saturated heterocycles. The Kier molecular flexibility index (Phi) is 2.26. The minimum atomic E-state index is -0.231. The van der Waals surface area contributed by atoms with Gasteiger partial charge in [0.05, 0.1) is 0 Å². The highest BCUT2D eigenvalue weighted by atomic mass is 19.2. The molecule has 4 heteroatoms. The summed E-state index contributed by atoms with van der Waals surface area (Å²) in [5.74, 6) is 0. The minimum Gasteiger partial charge on any atom is -0.273 e. The first-order valence-electron chi connectivity index (χ1n) is 4.11. The fourth-order valence-electron chi connectivity index (χ4n) is 1.21. The van der Waals surface area contributed by atoms with Crippen molar-refractivity contribution in [1.29, 1.82) is 0 Å². The lowest BCUT2D eigenvalue weighted by atomic mass is 9.90. The zero-order valence-electron chi connectivity index (χ0n) is 8.08. The highest BCUT2D eigenvalue weighted by molar-refractivity contribution is 5.55. The Bertz CT molecular complexity index is 173. The lowest BCUT2D eigenvalue weighted by molar-refractivity contribution is -0.00608. The van der Waals surface area contributed by atoms with Crippen molar-refractivity contribution in [1.82, 2.24) is 10.1 Å². The molecule has 1 heterocycles. The van der Waals surface area contributed by atoms with Crippen molar-refractivity contribution in [2.45, 2.75) is 33.4 Å². The average Bonchev–Trinajstić information content (AvgIpc) is 2.16. The highest BCUT2D eigenvalue weighted by Crippen LogP contribution is 2.26. The maximum absolute atomic E-state index is 13.0. The van der Waals surface area contributed by atoms with E-state index in [0.29, 0.717) is 5.12 Å². The Hall–Kier alpha value is -0.800. The van der Waals surface area contributed by atoms with Crippen molar-refractivity contribution < 1.29 is 4.48 Å². The van der Waals surface area contributed by atoms with E-state index in [9.17, 15) is 4.48 Å². The maximum Gasteiger partial charge on any atom is 0.149 e. The molecule has 1 aliphatic heterocycles. The summed E-state index contributed by atoms with van der Waals surface area (Å²) in [5, 5.41) is 6.14. The van der Waals surface area contributed by atoms with E-state index >= 15 is 0 Å². The van der Waals surface area contributed by atoms with E-state index in [1.54, 1.807) is 12.1 Å². The zero-order chi connectivity index (χ0) is 9.35. The van der Waals surface area contributed by atoms with Crippen LogP contribution in [0.1, 0.15) is 27.2 Å². The van der Waals surface area contributed by atoms with Gasteiger partial charge in [-0.15, -0.1) is 0 Å². The Labute approximate surface area is 72.8 Å². The van der Waals surface area contributed by atoms with Gasteiger partial charge in [-0.25, -0.2) is 0 Å². The molecule has 1 atom stereocenters. The van der Waals surface area contributed by atoms with Gasteiger partial charge in [0.1, 0.15) is 12.5 Å². The molecule has 0 N–H and O–H groups in total. The number of hydrazone groups is 1. The molecule has 12 heavy (non-hydrogen) atoms. The van der Waals surface area contributed by atoms with Crippen LogP contribution in [0.2, 0.25) is 0 Å². The number of nitrogens with zero attached hydrogens (tertiary/aromatic N) is 3. The molecule has 0 spiro atoms. The summed E-state index contributed by atoms with van der Waals surface area (Å²) in [6.45, 7) is 6.27. The van der Waals surface area contributed by atoms with Crippen LogP contribution >= 0.6 is 0 Å². The topological polar surface area (TPSA) is 18.8 Å². The number of rotatable bonds is 1. The first-order valence-corrected chi connectivity index (χ1v) is 4.11. The third-order valence-corrected chi connectivity index (χ3v) is 1.86. The first-order chi connectivity index (χ1) is 5.40. The van der Waals surface area contributed by atoms with Crippen LogP contribution in [0.25, 0.3) is 0 Å². The summed E-state index contributed by atoms with van der Waals surface area (Å²) >= 11 is 0. The second-order valence-corrected chi connectivity index (χ2v) is 4.39. The van der Waals surface area contributed by atoms with E-state index in [1.165, 1.54) is 6.34 Å². The summed E-state index contributed by atoms with van der Waals surface area (Å²) in [4.78, 5) is 0. The second-order valence-electron chi connectivity index (χ2n) is 4.39. The monoisotopic (exact) mass is 173 g/mol. The molecule has 0 aromatic heterocycles. The van der Waals surface area contributed by atoms with Gasteiger partial charge in [-0.1, -0.05) is 25.3 Å². The van der Waals surface area contributed by atoms with Crippen molar-refractivity contribution in [3.63, 3.8) is 0 Å². The van der Waals surface area contributed by atoms with Crippen molar-refractivity contribution in [3.05, 3.63) is 0 Å². The van der Waals surface area contributed by atoms with E-state index in [1.807, 2.05) is 0 Å². The number of hydrogen-bond donors (Lipinski definition) is 0. The highest BCUT2D eigenvalue weighted by Gasteiger charge is 2.29. The van der Waals surface area contributed by atoms with Gasteiger partial charge >= 0.3 is 0 Å². The van der Waals surface area contributed by atoms with E-state index in [2.05, 4.69) is 25.9 Å². The molecule has 0 amide bonds. The van der Waals surface area contributed by atoms with Gasteiger partial charge in [-0.2, -0.15) is 10.2 Å².